The van der Waals surface area contributed by atoms with Crippen LogP contribution in [0.5, 0.6) is 0 Å². The summed E-state index contributed by atoms with van der Waals surface area (Å²) in [5.74, 6) is 0.603. The van der Waals surface area contributed by atoms with Crippen LogP contribution in [0, 0.1) is 0 Å². The van der Waals surface area contributed by atoms with E-state index in [-0.39, 0.29) is 0 Å². The van der Waals surface area contributed by atoms with Crippen LogP contribution in [0.25, 0.3) is 33.8 Å². The number of hydrogen-bond acceptors (Lipinski definition) is 4. The van der Waals surface area contributed by atoms with E-state index >= 15 is 0 Å². The van der Waals surface area contributed by atoms with Gasteiger partial charge < -0.3 is 0 Å². The summed E-state index contributed by atoms with van der Waals surface area (Å²) in [6.45, 7) is 0. The molecule has 0 saturated carbocycles. The van der Waals surface area contributed by atoms with Crippen LogP contribution >= 0.6 is 23.2 Å². The summed E-state index contributed by atoms with van der Waals surface area (Å²) >= 11 is 12.0. The summed E-state index contributed by atoms with van der Waals surface area (Å²) in [6, 6.07) is 14.9. The maximum atomic E-state index is 6.09. The van der Waals surface area contributed by atoms with Crippen molar-refractivity contribution < 1.29 is 0 Å². The summed E-state index contributed by atoms with van der Waals surface area (Å²) in [6.07, 6.45) is 3.37. The van der Waals surface area contributed by atoms with E-state index in [2.05, 4.69) is 20.2 Å². The fraction of sp³-hybridized carbons (Fsp3) is 0. The zero-order chi connectivity index (χ0) is 17.7. The monoisotopic (exact) mass is 380 g/mol. The standard InChI is InChI=1S/C18H10Cl2N6/c19-12-6-4-11(5-7-12)16-23-18-15-9-22-26(14-3-1-2-13(20)8-14)17(15)21-10-25(18)24-16/h1-10H. The minimum absolute atomic E-state index is 0.603. The first kappa shape index (κ1) is 15.3. The van der Waals surface area contributed by atoms with E-state index in [4.69, 9.17) is 23.2 Å². The second-order valence-electron chi connectivity index (χ2n) is 5.73. The van der Waals surface area contributed by atoms with Crippen LogP contribution in [0.15, 0.2) is 61.1 Å². The predicted octanol–water partition coefficient (Wildman–Crippen LogP) is 4.44. The maximum Gasteiger partial charge on any atom is 0.182 e. The Balaban J connectivity index is 1.70. The molecule has 0 spiro atoms. The zero-order valence-corrected chi connectivity index (χ0v) is 14.7. The number of halogens is 2. The lowest BCUT2D eigenvalue weighted by atomic mass is 10.2. The van der Waals surface area contributed by atoms with Gasteiger partial charge in [-0.1, -0.05) is 29.3 Å². The Labute approximate surface area is 157 Å². The number of rotatable bonds is 2. The van der Waals surface area contributed by atoms with Crippen molar-refractivity contribution in [2.75, 3.05) is 0 Å². The van der Waals surface area contributed by atoms with E-state index in [1.54, 1.807) is 21.7 Å². The second-order valence-corrected chi connectivity index (χ2v) is 6.60. The molecule has 3 heterocycles. The van der Waals surface area contributed by atoms with Crippen molar-refractivity contribution in [1.29, 1.82) is 0 Å². The second kappa shape index (κ2) is 5.79. The summed E-state index contributed by atoms with van der Waals surface area (Å²) < 4.78 is 3.38. The van der Waals surface area contributed by atoms with Crippen molar-refractivity contribution in [3.8, 4) is 17.1 Å². The van der Waals surface area contributed by atoms with Gasteiger partial charge in [-0.25, -0.2) is 19.2 Å². The highest BCUT2D eigenvalue weighted by Crippen LogP contribution is 2.24. The van der Waals surface area contributed by atoms with E-state index in [1.165, 1.54) is 0 Å². The van der Waals surface area contributed by atoms with Crippen LogP contribution in [0.3, 0.4) is 0 Å². The van der Waals surface area contributed by atoms with Gasteiger partial charge in [0.15, 0.2) is 17.1 Å². The highest BCUT2D eigenvalue weighted by atomic mass is 35.5. The molecule has 0 aliphatic rings. The Bertz CT molecular complexity index is 1260. The Hall–Kier alpha value is -2.96. The lowest BCUT2D eigenvalue weighted by Crippen LogP contribution is -1.98. The van der Waals surface area contributed by atoms with Gasteiger partial charge in [0, 0.05) is 15.6 Å². The average molecular weight is 381 g/mol. The molecule has 126 valence electrons. The summed E-state index contributed by atoms with van der Waals surface area (Å²) in [4.78, 5) is 9.15. The molecule has 0 fully saturated rings. The molecule has 8 heteroatoms. The molecule has 5 aromatic rings. The Morgan fingerprint density at radius 3 is 2.54 bits per heavy atom. The summed E-state index contributed by atoms with van der Waals surface area (Å²) in [5, 5.41) is 11.1. The van der Waals surface area contributed by atoms with Gasteiger partial charge in [0.2, 0.25) is 0 Å². The minimum Gasteiger partial charge on any atom is -0.216 e. The van der Waals surface area contributed by atoms with Gasteiger partial charge in [0.05, 0.1) is 17.3 Å². The Morgan fingerprint density at radius 2 is 1.73 bits per heavy atom. The van der Waals surface area contributed by atoms with Crippen LogP contribution in [0.1, 0.15) is 0 Å². The fourth-order valence-corrected chi connectivity index (χ4v) is 3.15. The predicted molar refractivity (Wildman–Crippen MR) is 101 cm³/mol. The third-order valence-electron chi connectivity index (χ3n) is 4.06. The molecule has 0 radical (unpaired) electrons. The van der Waals surface area contributed by atoms with Crippen molar-refractivity contribution in [2.24, 2.45) is 0 Å². The number of fused-ring (bicyclic) bond motifs is 3. The first-order valence-electron chi connectivity index (χ1n) is 7.80. The van der Waals surface area contributed by atoms with Crippen LogP contribution in [-0.4, -0.2) is 29.4 Å². The molecule has 26 heavy (non-hydrogen) atoms. The van der Waals surface area contributed by atoms with Gasteiger partial charge in [-0.2, -0.15) is 5.10 Å². The summed E-state index contributed by atoms with van der Waals surface area (Å²) in [7, 11) is 0. The Morgan fingerprint density at radius 1 is 0.885 bits per heavy atom. The minimum atomic E-state index is 0.603. The molecule has 0 unspecified atom stereocenters. The molecular weight excluding hydrogens is 371 g/mol. The first-order valence-corrected chi connectivity index (χ1v) is 8.56. The molecule has 0 aliphatic carbocycles. The third-order valence-corrected chi connectivity index (χ3v) is 4.55. The largest absolute Gasteiger partial charge is 0.216 e. The van der Waals surface area contributed by atoms with Crippen LogP contribution in [0.2, 0.25) is 10.0 Å². The van der Waals surface area contributed by atoms with Gasteiger partial charge in [-0.15, -0.1) is 5.10 Å². The van der Waals surface area contributed by atoms with Crippen molar-refractivity contribution in [1.82, 2.24) is 29.4 Å². The Kier molecular flexibility index (Phi) is 3.41. The lowest BCUT2D eigenvalue weighted by molar-refractivity contribution is 0.882. The quantitative estimate of drug-likeness (QED) is 0.454. The SMILES string of the molecule is Clc1ccc(-c2nc3c4cnn(-c5cccc(Cl)c5)c4ncn3n2)cc1. The van der Waals surface area contributed by atoms with Gasteiger partial charge >= 0.3 is 0 Å². The smallest absolute Gasteiger partial charge is 0.182 e. The molecule has 0 atom stereocenters. The molecule has 0 aliphatic heterocycles. The summed E-state index contributed by atoms with van der Waals surface area (Å²) in [5.41, 5.74) is 3.10. The molecule has 0 bridgehead atoms. The van der Waals surface area contributed by atoms with Gasteiger partial charge in [0.1, 0.15) is 6.33 Å². The van der Waals surface area contributed by atoms with Crippen molar-refractivity contribution in [3.05, 3.63) is 71.1 Å². The van der Waals surface area contributed by atoms with Gasteiger partial charge in [-0.3, -0.25) is 0 Å². The number of benzene rings is 2. The molecule has 0 saturated heterocycles. The van der Waals surface area contributed by atoms with E-state index in [1.807, 2.05) is 48.5 Å². The first-order chi connectivity index (χ1) is 12.7. The van der Waals surface area contributed by atoms with Crippen molar-refractivity contribution in [3.63, 3.8) is 0 Å². The molecule has 0 N–H and O–H groups in total. The molecule has 3 aromatic heterocycles. The molecule has 6 nitrogen and oxygen atoms in total. The molecule has 5 rings (SSSR count). The van der Waals surface area contributed by atoms with E-state index in [0.29, 0.717) is 27.2 Å². The topological polar surface area (TPSA) is 60.9 Å². The van der Waals surface area contributed by atoms with E-state index in [9.17, 15) is 0 Å². The zero-order valence-electron chi connectivity index (χ0n) is 13.2. The van der Waals surface area contributed by atoms with E-state index < -0.39 is 0 Å². The van der Waals surface area contributed by atoms with Crippen LogP contribution in [-0.2, 0) is 0 Å². The van der Waals surface area contributed by atoms with Crippen molar-refractivity contribution in [2.45, 2.75) is 0 Å². The molecule has 2 aromatic carbocycles. The lowest BCUT2D eigenvalue weighted by Gasteiger charge is -2.02. The third kappa shape index (κ3) is 2.42. The van der Waals surface area contributed by atoms with Crippen molar-refractivity contribution >= 4 is 39.9 Å². The average Bonchev–Trinajstić information content (AvgIpc) is 3.26. The fourth-order valence-electron chi connectivity index (χ4n) is 2.84. The normalized spacial score (nSPS) is 11.5. The van der Waals surface area contributed by atoms with Gasteiger partial charge in [-0.05, 0) is 42.5 Å². The highest BCUT2D eigenvalue weighted by Gasteiger charge is 2.14. The maximum absolute atomic E-state index is 6.09. The molecule has 0 amide bonds. The van der Waals surface area contributed by atoms with Crippen LogP contribution < -0.4 is 0 Å². The number of nitrogens with zero attached hydrogens (tertiary/aromatic N) is 6. The van der Waals surface area contributed by atoms with E-state index in [0.717, 1.165) is 16.6 Å². The number of aromatic nitrogens is 6. The number of hydrogen-bond donors (Lipinski definition) is 0. The van der Waals surface area contributed by atoms with Gasteiger partial charge in [0.25, 0.3) is 0 Å². The highest BCUT2D eigenvalue weighted by molar-refractivity contribution is 6.31. The van der Waals surface area contributed by atoms with Crippen LogP contribution in [0.4, 0.5) is 0 Å². The molecular formula is C18H10Cl2N6.